The molecule has 0 fully saturated rings. The largest absolute Gasteiger partial charge is 0.465 e. The molecule has 0 aliphatic carbocycles. The minimum atomic E-state index is -1.19. The molecule has 0 saturated carbocycles. The van der Waals surface area contributed by atoms with Crippen LogP contribution in [0.25, 0.3) is 0 Å². The Labute approximate surface area is 130 Å². The normalized spacial score (nSPS) is 13.3. The molecule has 0 aromatic heterocycles. The van der Waals surface area contributed by atoms with Gasteiger partial charge in [-0.25, -0.2) is 0 Å². The molecule has 0 aliphatic heterocycles. The van der Waals surface area contributed by atoms with Crippen LogP contribution in [-0.2, 0) is 14.3 Å². The number of Topliss-reactive ketones (excluding diaryl/α,β-unsaturated/α-hetero) is 1. The molecule has 0 bridgehead atoms. The molecule has 0 spiro atoms. The van der Waals surface area contributed by atoms with Crippen LogP contribution in [0.3, 0.4) is 0 Å². The molecule has 7 heteroatoms. The first kappa shape index (κ1) is 17.3. The molecule has 1 aromatic carbocycles. The van der Waals surface area contributed by atoms with Gasteiger partial charge in [0.25, 0.3) is 0 Å². The van der Waals surface area contributed by atoms with Crippen molar-refractivity contribution >= 4 is 27.7 Å². The van der Waals surface area contributed by atoms with Crippen molar-refractivity contribution in [3.63, 3.8) is 0 Å². The third kappa shape index (κ3) is 4.63. The molecule has 0 aliphatic rings. The number of ketones is 1. The fourth-order valence-electron chi connectivity index (χ4n) is 2.17. The number of hydrogen-bond acceptors (Lipinski definition) is 5. The van der Waals surface area contributed by atoms with Crippen LogP contribution in [0, 0.1) is 16.0 Å². The summed E-state index contributed by atoms with van der Waals surface area (Å²) in [5.74, 6) is -3.23. The lowest BCUT2D eigenvalue weighted by Crippen LogP contribution is -2.34. The van der Waals surface area contributed by atoms with Gasteiger partial charge in [0.15, 0.2) is 0 Å². The summed E-state index contributed by atoms with van der Waals surface area (Å²) < 4.78 is 5.51. The molecule has 2 atom stereocenters. The van der Waals surface area contributed by atoms with E-state index in [0.717, 1.165) is 0 Å². The number of halogens is 1. The number of hydrogen-bond donors (Lipinski definition) is 0. The van der Waals surface area contributed by atoms with E-state index in [-0.39, 0.29) is 6.61 Å². The highest BCUT2D eigenvalue weighted by molar-refractivity contribution is 9.10. The second-order valence-electron chi connectivity index (χ2n) is 4.48. The van der Waals surface area contributed by atoms with Crippen LogP contribution in [0.5, 0.6) is 0 Å². The lowest BCUT2D eigenvalue weighted by Gasteiger charge is -2.22. The van der Waals surface area contributed by atoms with Crippen LogP contribution in [0.2, 0.25) is 0 Å². The Kier molecular flexibility index (Phi) is 6.48. The Morgan fingerprint density at radius 1 is 1.38 bits per heavy atom. The number of ether oxygens (including phenoxy) is 1. The predicted octanol–water partition coefficient (Wildman–Crippen LogP) is 2.58. The molecule has 1 rings (SSSR count). The summed E-state index contributed by atoms with van der Waals surface area (Å²) in [5.41, 5.74) is 0.544. The fraction of sp³-hybridized carbons (Fsp3) is 0.429. The minimum absolute atomic E-state index is 0.115. The highest BCUT2D eigenvalue weighted by Gasteiger charge is 2.38. The Bertz CT molecular complexity index is 546. The zero-order chi connectivity index (χ0) is 16.0. The quantitative estimate of drug-likeness (QED) is 0.324. The monoisotopic (exact) mass is 357 g/mol. The molecule has 0 heterocycles. The first-order valence-corrected chi connectivity index (χ1v) is 7.21. The summed E-state index contributed by atoms with van der Waals surface area (Å²) >= 11 is 3.31. The molecule has 0 radical (unpaired) electrons. The van der Waals surface area contributed by atoms with E-state index in [0.29, 0.717) is 10.0 Å². The highest BCUT2D eigenvalue weighted by atomic mass is 79.9. The van der Waals surface area contributed by atoms with Gasteiger partial charge in [0.1, 0.15) is 11.7 Å². The van der Waals surface area contributed by atoms with Crippen molar-refractivity contribution < 1.29 is 19.2 Å². The molecule has 0 saturated heterocycles. The molecule has 0 amide bonds. The van der Waals surface area contributed by atoms with E-state index in [1.165, 1.54) is 6.92 Å². The van der Waals surface area contributed by atoms with Gasteiger partial charge in [-0.15, -0.1) is 0 Å². The van der Waals surface area contributed by atoms with Crippen molar-refractivity contribution in [1.29, 1.82) is 0 Å². The molecular weight excluding hydrogens is 342 g/mol. The maximum absolute atomic E-state index is 12.0. The number of nitrogens with zero attached hydrogens (tertiary/aromatic N) is 1. The molecule has 2 unspecified atom stereocenters. The number of carbonyl (C=O) groups is 2. The van der Waals surface area contributed by atoms with Gasteiger partial charge in [-0.1, -0.05) is 34.1 Å². The summed E-state index contributed by atoms with van der Waals surface area (Å²) in [6, 6.07) is 6.83. The van der Waals surface area contributed by atoms with E-state index in [1.54, 1.807) is 31.2 Å². The maximum Gasteiger partial charge on any atom is 0.317 e. The van der Waals surface area contributed by atoms with Crippen molar-refractivity contribution in [1.82, 2.24) is 0 Å². The van der Waals surface area contributed by atoms with Crippen molar-refractivity contribution in [2.75, 3.05) is 13.2 Å². The predicted molar refractivity (Wildman–Crippen MR) is 79.5 cm³/mol. The maximum atomic E-state index is 12.0. The first-order chi connectivity index (χ1) is 9.88. The second kappa shape index (κ2) is 7.87. The van der Waals surface area contributed by atoms with E-state index < -0.39 is 35.1 Å². The molecule has 0 N–H and O–H groups in total. The van der Waals surface area contributed by atoms with E-state index in [9.17, 15) is 19.7 Å². The average molecular weight is 358 g/mol. The third-order valence-corrected chi connectivity index (χ3v) is 3.75. The summed E-state index contributed by atoms with van der Waals surface area (Å²) in [7, 11) is 0. The van der Waals surface area contributed by atoms with Crippen molar-refractivity contribution in [3.8, 4) is 0 Å². The molecule has 114 valence electrons. The van der Waals surface area contributed by atoms with E-state index in [2.05, 4.69) is 15.9 Å². The Morgan fingerprint density at radius 3 is 2.48 bits per heavy atom. The van der Waals surface area contributed by atoms with Gasteiger partial charge in [-0.2, -0.15) is 0 Å². The third-order valence-electron chi connectivity index (χ3n) is 3.03. The van der Waals surface area contributed by atoms with Crippen LogP contribution in [0.15, 0.2) is 28.7 Å². The number of nitro groups is 1. The van der Waals surface area contributed by atoms with Crippen molar-refractivity contribution in [3.05, 3.63) is 44.4 Å². The smallest absolute Gasteiger partial charge is 0.317 e. The van der Waals surface area contributed by atoms with Gasteiger partial charge in [-0.3, -0.25) is 19.7 Å². The first-order valence-electron chi connectivity index (χ1n) is 6.41. The van der Waals surface area contributed by atoms with Gasteiger partial charge in [0.05, 0.1) is 12.5 Å². The number of benzene rings is 1. The zero-order valence-electron chi connectivity index (χ0n) is 11.7. The zero-order valence-corrected chi connectivity index (χ0v) is 13.3. The summed E-state index contributed by atoms with van der Waals surface area (Å²) in [4.78, 5) is 34.2. The number of esters is 1. The molecular formula is C14H16BrNO5. The van der Waals surface area contributed by atoms with Gasteiger partial charge >= 0.3 is 5.97 Å². The van der Waals surface area contributed by atoms with Gasteiger partial charge < -0.3 is 4.74 Å². The SMILES string of the molecule is CCOC(=O)C(C(C)=O)C(C[N+](=O)[O-])c1ccccc1Br. The number of carbonyl (C=O) groups excluding carboxylic acids is 2. The van der Waals surface area contributed by atoms with Crippen LogP contribution < -0.4 is 0 Å². The Hall–Kier alpha value is -1.76. The number of rotatable bonds is 7. The Morgan fingerprint density at radius 2 is 2.00 bits per heavy atom. The lowest BCUT2D eigenvalue weighted by atomic mass is 9.83. The summed E-state index contributed by atoms with van der Waals surface area (Å²) in [5, 5.41) is 10.9. The van der Waals surface area contributed by atoms with Crippen LogP contribution in [-0.4, -0.2) is 29.8 Å². The van der Waals surface area contributed by atoms with Gasteiger partial charge in [0.2, 0.25) is 6.54 Å². The standard InChI is InChI=1S/C14H16BrNO5/c1-3-21-14(18)13(9(2)17)11(8-16(19)20)10-6-4-5-7-12(10)15/h4-7,11,13H,3,8H2,1-2H3. The van der Waals surface area contributed by atoms with Gasteiger partial charge in [-0.05, 0) is 25.5 Å². The van der Waals surface area contributed by atoms with Crippen molar-refractivity contribution in [2.45, 2.75) is 19.8 Å². The van der Waals surface area contributed by atoms with E-state index in [1.807, 2.05) is 0 Å². The Balaban J connectivity index is 3.27. The summed E-state index contributed by atoms with van der Waals surface area (Å²) in [6.07, 6.45) is 0. The summed E-state index contributed by atoms with van der Waals surface area (Å²) in [6.45, 7) is 2.46. The second-order valence-corrected chi connectivity index (χ2v) is 5.34. The van der Waals surface area contributed by atoms with Gasteiger partial charge in [0, 0.05) is 9.40 Å². The topological polar surface area (TPSA) is 86.5 Å². The minimum Gasteiger partial charge on any atom is -0.465 e. The average Bonchev–Trinajstić information content (AvgIpc) is 2.38. The van der Waals surface area contributed by atoms with E-state index in [4.69, 9.17) is 4.74 Å². The van der Waals surface area contributed by atoms with Crippen molar-refractivity contribution in [2.24, 2.45) is 5.92 Å². The van der Waals surface area contributed by atoms with Crippen LogP contribution >= 0.6 is 15.9 Å². The molecule has 1 aromatic rings. The molecule has 6 nitrogen and oxygen atoms in total. The lowest BCUT2D eigenvalue weighted by molar-refractivity contribution is -0.484. The molecule has 21 heavy (non-hydrogen) atoms. The van der Waals surface area contributed by atoms with Crippen LogP contribution in [0.4, 0.5) is 0 Å². The van der Waals surface area contributed by atoms with E-state index >= 15 is 0 Å². The highest BCUT2D eigenvalue weighted by Crippen LogP contribution is 2.32. The van der Waals surface area contributed by atoms with Crippen LogP contribution in [0.1, 0.15) is 25.3 Å². The fourth-order valence-corrected chi connectivity index (χ4v) is 2.74.